The van der Waals surface area contributed by atoms with E-state index in [0.29, 0.717) is 32.7 Å². The molecule has 102 valence electrons. The number of aliphatic hydroxyl groups is 3. The topological polar surface area (TPSA) is 88.0 Å². The van der Waals surface area contributed by atoms with Crippen LogP contribution in [0.15, 0.2) is 37.0 Å². The quantitative estimate of drug-likeness (QED) is 0.457. The van der Waals surface area contributed by atoms with Crippen LogP contribution in [0.2, 0.25) is 0 Å². The summed E-state index contributed by atoms with van der Waals surface area (Å²) >= 11 is 0. The lowest BCUT2D eigenvalue weighted by molar-refractivity contribution is 0.0258. The third kappa shape index (κ3) is 3.76. The van der Waals surface area contributed by atoms with Crippen LogP contribution in [0.5, 0.6) is 0 Å². The van der Waals surface area contributed by atoms with Crippen molar-refractivity contribution in [2.24, 2.45) is 0 Å². The summed E-state index contributed by atoms with van der Waals surface area (Å²) in [6.45, 7) is 1.88. The van der Waals surface area contributed by atoms with E-state index in [1.165, 1.54) is 0 Å². The highest BCUT2D eigenvalue weighted by molar-refractivity contribution is 5.02. The molecule has 0 radical (unpaired) electrons. The number of nitrogens with one attached hydrogen (secondary N) is 2. The Hall–Kier alpha value is -1.50. The van der Waals surface area contributed by atoms with Gasteiger partial charge in [0.05, 0.1) is 31.1 Å². The highest BCUT2D eigenvalue weighted by Gasteiger charge is 2.35. The molecule has 6 nitrogen and oxygen atoms in total. The molecule has 0 amide bonds. The molecule has 0 saturated carbocycles. The minimum atomic E-state index is -0.386. The SMILES string of the molecule is OC=CCN1CNCNC1(CC=CO)CC=CO. The van der Waals surface area contributed by atoms with Crippen molar-refractivity contribution in [2.45, 2.75) is 18.5 Å². The van der Waals surface area contributed by atoms with Crippen molar-refractivity contribution >= 4 is 0 Å². The summed E-state index contributed by atoms with van der Waals surface area (Å²) in [5, 5.41) is 32.9. The van der Waals surface area contributed by atoms with Crippen LogP contribution in [0, 0.1) is 0 Å². The van der Waals surface area contributed by atoms with E-state index in [2.05, 4.69) is 15.5 Å². The zero-order valence-corrected chi connectivity index (χ0v) is 10.3. The fraction of sp³-hybridized carbons (Fsp3) is 0.500. The molecular formula is C12H21N3O3. The minimum absolute atomic E-state index is 0.386. The lowest BCUT2D eigenvalue weighted by atomic mass is 9.98. The molecule has 1 rings (SSSR count). The second kappa shape index (κ2) is 7.75. The first-order valence-electron chi connectivity index (χ1n) is 5.87. The van der Waals surface area contributed by atoms with Crippen LogP contribution in [0.1, 0.15) is 12.8 Å². The van der Waals surface area contributed by atoms with E-state index < -0.39 is 0 Å². The molecule has 0 bridgehead atoms. The average Bonchev–Trinajstić information content (AvgIpc) is 2.42. The Morgan fingerprint density at radius 1 is 1.00 bits per heavy atom. The molecule has 0 aromatic heterocycles. The summed E-state index contributed by atoms with van der Waals surface area (Å²) in [4.78, 5) is 2.09. The minimum Gasteiger partial charge on any atom is -0.516 e. The number of hydrogen-bond acceptors (Lipinski definition) is 6. The zero-order valence-electron chi connectivity index (χ0n) is 10.3. The summed E-state index contributed by atoms with van der Waals surface area (Å²) < 4.78 is 0. The Bertz CT molecular complexity index is 302. The Balaban J connectivity index is 2.84. The number of nitrogens with zero attached hydrogens (tertiary/aromatic N) is 1. The second-order valence-electron chi connectivity index (χ2n) is 4.08. The van der Waals surface area contributed by atoms with Crippen molar-refractivity contribution in [3.05, 3.63) is 37.0 Å². The van der Waals surface area contributed by atoms with Crippen LogP contribution < -0.4 is 10.6 Å². The predicted molar refractivity (Wildman–Crippen MR) is 70.0 cm³/mol. The van der Waals surface area contributed by atoms with Gasteiger partial charge in [-0.05, 0) is 18.2 Å². The molecule has 5 N–H and O–H groups in total. The maximum absolute atomic E-state index is 8.84. The highest BCUT2D eigenvalue weighted by atomic mass is 16.2. The van der Waals surface area contributed by atoms with Crippen LogP contribution in [0.4, 0.5) is 0 Å². The Morgan fingerprint density at radius 2 is 1.61 bits per heavy atom. The molecule has 1 aliphatic heterocycles. The summed E-state index contributed by atoms with van der Waals surface area (Å²) in [6.07, 6.45) is 9.22. The smallest absolute Gasteiger partial charge is 0.0808 e. The zero-order chi connectivity index (χ0) is 13.3. The van der Waals surface area contributed by atoms with Gasteiger partial charge in [0.25, 0.3) is 0 Å². The molecule has 0 atom stereocenters. The van der Waals surface area contributed by atoms with Gasteiger partial charge in [0, 0.05) is 26.1 Å². The van der Waals surface area contributed by atoms with E-state index in [1.54, 1.807) is 18.2 Å². The van der Waals surface area contributed by atoms with Gasteiger partial charge in [-0.25, -0.2) is 0 Å². The van der Waals surface area contributed by atoms with E-state index in [-0.39, 0.29) is 5.66 Å². The van der Waals surface area contributed by atoms with Crippen LogP contribution in [-0.4, -0.2) is 45.8 Å². The molecule has 1 saturated heterocycles. The summed E-state index contributed by atoms with van der Waals surface area (Å²) in [5.74, 6) is 0. The van der Waals surface area contributed by atoms with Crippen molar-refractivity contribution in [2.75, 3.05) is 19.9 Å². The largest absolute Gasteiger partial charge is 0.516 e. The van der Waals surface area contributed by atoms with E-state index in [1.807, 2.05) is 0 Å². The number of aliphatic hydroxyl groups excluding tert-OH is 3. The molecule has 1 heterocycles. The molecule has 0 aromatic carbocycles. The Kier molecular flexibility index (Phi) is 6.27. The maximum atomic E-state index is 8.84. The molecule has 0 unspecified atom stereocenters. The third-order valence-electron chi connectivity index (χ3n) is 3.00. The van der Waals surface area contributed by atoms with Gasteiger partial charge in [0.15, 0.2) is 0 Å². The van der Waals surface area contributed by atoms with Gasteiger partial charge in [-0.3, -0.25) is 15.5 Å². The molecule has 0 spiro atoms. The molecule has 6 heteroatoms. The van der Waals surface area contributed by atoms with Gasteiger partial charge in [0.1, 0.15) is 0 Å². The van der Waals surface area contributed by atoms with Crippen molar-refractivity contribution < 1.29 is 15.3 Å². The molecule has 18 heavy (non-hydrogen) atoms. The Morgan fingerprint density at radius 3 is 2.17 bits per heavy atom. The highest BCUT2D eigenvalue weighted by Crippen LogP contribution is 2.23. The number of hydrogen-bond donors (Lipinski definition) is 5. The first-order chi connectivity index (χ1) is 8.79. The lowest BCUT2D eigenvalue weighted by Crippen LogP contribution is -2.67. The van der Waals surface area contributed by atoms with E-state index in [4.69, 9.17) is 15.3 Å². The molecule has 1 aliphatic rings. The number of rotatable bonds is 6. The summed E-state index contributed by atoms with van der Waals surface area (Å²) in [5.41, 5.74) is -0.386. The van der Waals surface area contributed by atoms with E-state index >= 15 is 0 Å². The normalized spacial score (nSPS) is 26.7. The van der Waals surface area contributed by atoms with Crippen LogP contribution in [0.25, 0.3) is 0 Å². The molecule has 0 aromatic rings. The van der Waals surface area contributed by atoms with Gasteiger partial charge in [-0.2, -0.15) is 0 Å². The summed E-state index contributed by atoms with van der Waals surface area (Å²) in [7, 11) is 0. The average molecular weight is 255 g/mol. The first kappa shape index (κ1) is 14.6. The van der Waals surface area contributed by atoms with Crippen LogP contribution in [-0.2, 0) is 0 Å². The van der Waals surface area contributed by atoms with Crippen molar-refractivity contribution in [1.82, 2.24) is 15.5 Å². The standard InChI is InChI=1S/C12H21N3O3/c16-7-1-4-12(5-2-8-17)14-10-13-11-15(12)6-3-9-18/h1-3,7-9,13-14,16-18H,4-6,10-11H2. The fourth-order valence-electron chi connectivity index (χ4n) is 2.08. The van der Waals surface area contributed by atoms with Gasteiger partial charge < -0.3 is 15.3 Å². The predicted octanol–water partition coefficient (Wildman–Crippen LogP) is 1.09. The Labute approximate surface area is 107 Å². The van der Waals surface area contributed by atoms with Crippen LogP contribution in [0.3, 0.4) is 0 Å². The van der Waals surface area contributed by atoms with Crippen molar-refractivity contribution in [3.8, 4) is 0 Å². The molecular weight excluding hydrogens is 234 g/mol. The van der Waals surface area contributed by atoms with Gasteiger partial charge in [-0.15, -0.1) is 0 Å². The van der Waals surface area contributed by atoms with Crippen molar-refractivity contribution in [1.29, 1.82) is 0 Å². The summed E-state index contributed by atoms with van der Waals surface area (Å²) in [6, 6.07) is 0. The van der Waals surface area contributed by atoms with Gasteiger partial charge >= 0.3 is 0 Å². The van der Waals surface area contributed by atoms with Gasteiger partial charge in [0.2, 0.25) is 0 Å². The van der Waals surface area contributed by atoms with E-state index in [0.717, 1.165) is 18.8 Å². The molecule has 0 aliphatic carbocycles. The maximum Gasteiger partial charge on any atom is 0.0808 e. The van der Waals surface area contributed by atoms with Crippen LogP contribution >= 0.6 is 0 Å². The monoisotopic (exact) mass is 255 g/mol. The van der Waals surface area contributed by atoms with Crippen molar-refractivity contribution in [3.63, 3.8) is 0 Å². The second-order valence-corrected chi connectivity index (χ2v) is 4.08. The first-order valence-corrected chi connectivity index (χ1v) is 5.87. The fourth-order valence-corrected chi connectivity index (χ4v) is 2.08. The van der Waals surface area contributed by atoms with Gasteiger partial charge in [-0.1, -0.05) is 0 Å². The third-order valence-corrected chi connectivity index (χ3v) is 3.00. The van der Waals surface area contributed by atoms with E-state index in [9.17, 15) is 0 Å². The molecule has 1 fully saturated rings. The lowest BCUT2D eigenvalue weighted by Gasteiger charge is -2.47.